The van der Waals surface area contributed by atoms with Gasteiger partial charge in [-0.3, -0.25) is 14.5 Å². The van der Waals surface area contributed by atoms with Crippen molar-refractivity contribution in [1.82, 2.24) is 0 Å². The van der Waals surface area contributed by atoms with E-state index in [1.54, 1.807) is 24.3 Å². The molecule has 2 aliphatic rings. The summed E-state index contributed by atoms with van der Waals surface area (Å²) in [6.07, 6.45) is 9.11. The van der Waals surface area contributed by atoms with E-state index < -0.39 is 0 Å². The number of anilines is 1. The maximum atomic E-state index is 12.4. The lowest BCUT2D eigenvalue weighted by molar-refractivity contribution is -0.122. The van der Waals surface area contributed by atoms with Gasteiger partial charge in [0, 0.05) is 5.56 Å². The molecule has 3 heteroatoms. The second-order valence-electron chi connectivity index (χ2n) is 5.20. The minimum absolute atomic E-state index is 0.0520. The second-order valence-corrected chi connectivity index (χ2v) is 5.20. The van der Waals surface area contributed by atoms with Gasteiger partial charge in [-0.2, -0.15) is 0 Å². The highest BCUT2D eigenvalue weighted by atomic mass is 16.2. The van der Waals surface area contributed by atoms with Crippen molar-refractivity contribution in [3.8, 4) is 12.3 Å². The van der Waals surface area contributed by atoms with Crippen molar-refractivity contribution in [2.24, 2.45) is 11.8 Å². The van der Waals surface area contributed by atoms with Gasteiger partial charge in [0.1, 0.15) is 0 Å². The molecule has 1 aliphatic heterocycles. The molecule has 19 heavy (non-hydrogen) atoms. The Balaban J connectivity index is 1.98. The number of hydrogen-bond acceptors (Lipinski definition) is 2. The zero-order valence-electron chi connectivity index (χ0n) is 10.6. The summed E-state index contributed by atoms with van der Waals surface area (Å²) >= 11 is 0. The lowest BCUT2D eigenvalue weighted by atomic mass is 9.81. The predicted molar refractivity (Wildman–Crippen MR) is 72.3 cm³/mol. The molecule has 0 aromatic heterocycles. The first-order valence-corrected chi connectivity index (χ1v) is 6.67. The van der Waals surface area contributed by atoms with Gasteiger partial charge in [0.05, 0.1) is 17.5 Å². The zero-order valence-corrected chi connectivity index (χ0v) is 10.6. The fourth-order valence-electron chi connectivity index (χ4n) is 3.15. The smallest absolute Gasteiger partial charge is 0.237 e. The first-order chi connectivity index (χ1) is 9.22. The number of carbonyl (C=O) groups is 2. The summed E-state index contributed by atoms with van der Waals surface area (Å²) in [6.45, 7) is 0. The van der Waals surface area contributed by atoms with E-state index in [0.29, 0.717) is 11.3 Å². The van der Waals surface area contributed by atoms with Crippen LogP contribution in [0.3, 0.4) is 0 Å². The third-order valence-corrected chi connectivity index (χ3v) is 4.11. The number of terminal acetylenes is 1. The Labute approximate surface area is 112 Å². The minimum atomic E-state index is -0.115. The fourth-order valence-corrected chi connectivity index (χ4v) is 3.15. The Morgan fingerprint density at radius 1 is 1.11 bits per heavy atom. The van der Waals surface area contributed by atoms with Crippen molar-refractivity contribution >= 4 is 17.5 Å². The molecule has 0 spiro atoms. The molecule has 2 atom stereocenters. The Bertz CT molecular complexity index is 561. The minimum Gasteiger partial charge on any atom is -0.274 e. The van der Waals surface area contributed by atoms with Crippen LogP contribution in [0.25, 0.3) is 0 Å². The van der Waals surface area contributed by atoms with Crippen LogP contribution in [0, 0.1) is 24.2 Å². The van der Waals surface area contributed by atoms with Crippen LogP contribution < -0.4 is 4.90 Å². The molecule has 1 heterocycles. The van der Waals surface area contributed by atoms with E-state index in [0.717, 1.165) is 25.7 Å². The van der Waals surface area contributed by atoms with Gasteiger partial charge in [-0.1, -0.05) is 24.8 Å². The molecule has 96 valence electrons. The average molecular weight is 253 g/mol. The van der Waals surface area contributed by atoms with Crippen molar-refractivity contribution < 1.29 is 9.59 Å². The second kappa shape index (κ2) is 4.55. The summed E-state index contributed by atoms with van der Waals surface area (Å²) in [4.78, 5) is 26.1. The van der Waals surface area contributed by atoms with Crippen molar-refractivity contribution in [3.05, 3.63) is 29.8 Å². The van der Waals surface area contributed by atoms with E-state index in [4.69, 9.17) is 6.42 Å². The normalized spacial score (nSPS) is 26.2. The quantitative estimate of drug-likeness (QED) is 0.569. The van der Waals surface area contributed by atoms with Gasteiger partial charge in [0.2, 0.25) is 11.8 Å². The van der Waals surface area contributed by atoms with Crippen LogP contribution in [-0.2, 0) is 9.59 Å². The first-order valence-electron chi connectivity index (χ1n) is 6.67. The number of rotatable bonds is 1. The number of amides is 2. The maximum absolute atomic E-state index is 12.4. The highest BCUT2D eigenvalue weighted by Crippen LogP contribution is 2.40. The maximum Gasteiger partial charge on any atom is 0.237 e. The highest BCUT2D eigenvalue weighted by molar-refractivity contribution is 6.22. The molecule has 3 rings (SSSR count). The fraction of sp³-hybridized carbons (Fsp3) is 0.375. The Kier molecular flexibility index (Phi) is 2.87. The van der Waals surface area contributed by atoms with Gasteiger partial charge in [-0.15, -0.1) is 6.42 Å². The third-order valence-electron chi connectivity index (χ3n) is 4.11. The number of benzene rings is 1. The van der Waals surface area contributed by atoms with Crippen molar-refractivity contribution in [2.45, 2.75) is 25.7 Å². The lowest BCUT2D eigenvalue weighted by Gasteiger charge is -2.19. The average Bonchev–Trinajstić information content (AvgIpc) is 2.72. The molecule has 2 unspecified atom stereocenters. The van der Waals surface area contributed by atoms with E-state index in [2.05, 4.69) is 5.92 Å². The summed E-state index contributed by atoms with van der Waals surface area (Å²) in [5.74, 6) is 2.20. The summed E-state index contributed by atoms with van der Waals surface area (Å²) < 4.78 is 0. The molecule has 3 nitrogen and oxygen atoms in total. The number of nitrogens with zero attached hydrogens (tertiary/aromatic N) is 1. The molecule has 1 aliphatic carbocycles. The van der Waals surface area contributed by atoms with Crippen LogP contribution in [0.1, 0.15) is 31.2 Å². The van der Waals surface area contributed by atoms with Gasteiger partial charge in [-0.25, -0.2) is 0 Å². The van der Waals surface area contributed by atoms with E-state index in [-0.39, 0.29) is 23.7 Å². The van der Waals surface area contributed by atoms with Crippen LogP contribution >= 0.6 is 0 Å². The molecule has 1 saturated heterocycles. The summed E-state index contributed by atoms with van der Waals surface area (Å²) in [5.41, 5.74) is 1.30. The summed E-state index contributed by atoms with van der Waals surface area (Å²) in [6, 6.07) is 7.08. The van der Waals surface area contributed by atoms with Crippen LogP contribution in [-0.4, -0.2) is 11.8 Å². The van der Waals surface area contributed by atoms with Gasteiger partial charge in [-0.05, 0) is 31.0 Å². The highest BCUT2D eigenvalue weighted by Gasteiger charge is 2.48. The summed E-state index contributed by atoms with van der Waals surface area (Å²) in [5, 5.41) is 0. The monoisotopic (exact) mass is 253 g/mol. The Morgan fingerprint density at radius 3 is 2.32 bits per heavy atom. The Hall–Kier alpha value is -2.08. The van der Waals surface area contributed by atoms with Crippen LogP contribution in [0.2, 0.25) is 0 Å². The van der Waals surface area contributed by atoms with E-state index in [1.165, 1.54) is 4.90 Å². The Morgan fingerprint density at radius 2 is 1.74 bits per heavy atom. The molecular formula is C16H15NO2. The van der Waals surface area contributed by atoms with Crippen LogP contribution in [0.5, 0.6) is 0 Å². The first kappa shape index (κ1) is 12.0. The number of carbonyl (C=O) groups excluding carboxylic acids is 2. The van der Waals surface area contributed by atoms with E-state index >= 15 is 0 Å². The van der Waals surface area contributed by atoms with Crippen LogP contribution in [0.15, 0.2) is 24.3 Å². The van der Waals surface area contributed by atoms with Gasteiger partial charge in [0.25, 0.3) is 0 Å². The van der Waals surface area contributed by atoms with Crippen molar-refractivity contribution in [1.29, 1.82) is 0 Å². The van der Waals surface area contributed by atoms with Gasteiger partial charge >= 0.3 is 0 Å². The number of fused-ring (bicyclic) bond motifs is 1. The molecule has 0 radical (unpaired) electrons. The predicted octanol–water partition coefficient (Wildman–Crippen LogP) is 2.35. The van der Waals surface area contributed by atoms with Crippen molar-refractivity contribution in [2.75, 3.05) is 4.90 Å². The topological polar surface area (TPSA) is 37.4 Å². The third kappa shape index (κ3) is 1.84. The lowest BCUT2D eigenvalue weighted by Crippen LogP contribution is -2.30. The molecule has 1 aromatic carbocycles. The molecule has 2 fully saturated rings. The zero-order chi connectivity index (χ0) is 13.4. The number of hydrogen-bond donors (Lipinski definition) is 0. The molecule has 0 bridgehead atoms. The summed E-state index contributed by atoms with van der Waals surface area (Å²) in [7, 11) is 0. The number of imide groups is 1. The van der Waals surface area contributed by atoms with Crippen LogP contribution in [0.4, 0.5) is 5.69 Å². The molecule has 1 aromatic rings. The van der Waals surface area contributed by atoms with Gasteiger partial charge < -0.3 is 0 Å². The van der Waals surface area contributed by atoms with Crippen molar-refractivity contribution in [3.63, 3.8) is 0 Å². The largest absolute Gasteiger partial charge is 0.274 e. The van der Waals surface area contributed by atoms with E-state index in [9.17, 15) is 9.59 Å². The molecular weight excluding hydrogens is 238 g/mol. The SMILES string of the molecule is C#Cc1cccc(N2C(=O)C3CCCCC3C2=O)c1. The molecule has 0 N–H and O–H groups in total. The standard InChI is InChI=1S/C16H15NO2/c1-2-11-6-5-7-12(10-11)17-15(18)13-8-3-4-9-14(13)16(17)19/h1,5-7,10,13-14H,3-4,8-9H2. The molecule has 2 amide bonds. The van der Waals surface area contributed by atoms with Gasteiger partial charge in [0.15, 0.2) is 0 Å². The van der Waals surface area contributed by atoms with E-state index in [1.807, 2.05) is 0 Å². The molecule has 1 saturated carbocycles.